The summed E-state index contributed by atoms with van der Waals surface area (Å²) in [7, 11) is 0. The molecule has 7 heteroatoms. The van der Waals surface area contributed by atoms with Crippen molar-refractivity contribution in [3.05, 3.63) is 74.9 Å². The number of aromatic amines is 1. The van der Waals surface area contributed by atoms with Crippen molar-refractivity contribution in [1.29, 1.82) is 0 Å². The van der Waals surface area contributed by atoms with Gasteiger partial charge in [-0.1, -0.05) is 29.8 Å². The largest absolute Gasteiger partial charge is 0.454 e. The first-order chi connectivity index (χ1) is 14.6. The summed E-state index contributed by atoms with van der Waals surface area (Å²) < 4.78 is 7.06. The predicted molar refractivity (Wildman–Crippen MR) is 117 cm³/mol. The lowest BCUT2D eigenvalue weighted by Crippen LogP contribution is -2.16. The Kier molecular flexibility index (Phi) is 6.24. The fraction of sp³-hybridized carbons (Fsp3) is 0.333. The fourth-order valence-corrected chi connectivity index (χ4v) is 3.85. The summed E-state index contributed by atoms with van der Waals surface area (Å²) in [6.07, 6.45) is 0. The van der Waals surface area contributed by atoms with Gasteiger partial charge in [-0.3, -0.25) is 14.3 Å². The van der Waals surface area contributed by atoms with Crippen molar-refractivity contribution in [3.63, 3.8) is 0 Å². The maximum Gasteiger partial charge on any atom is 0.342 e. The van der Waals surface area contributed by atoms with Gasteiger partial charge in [0.2, 0.25) is 5.78 Å². The third-order valence-corrected chi connectivity index (χ3v) is 5.44. The van der Waals surface area contributed by atoms with Crippen LogP contribution in [0.5, 0.6) is 0 Å². The molecule has 31 heavy (non-hydrogen) atoms. The van der Waals surface area contributed by atoms with Crippen molar-refractivity contribution >= 4 is 17.5 Å². The highest BCUT2D eigenvalue weighted by molar-refractivity contribution is 6.04. The number of esters is 1. The van der Waals surface area contributed by atoms with Gasteiger partial charge >= 0.3 is 5.97 Å². The maximum absolute atomic E-state index is 12.7. The highest BCUT2D eigenvalue weighted by Crippen LogP contribution is 2.20. The second-order valence-corrected chi connectivity index (χ2v) is 7.87. The summed E-state index contributed by atoms with van der Waals surface area (Å²) in [5.74, 6) is -1.09. The maximum atomic E-state index is 12.7. The summed E-state index contributed by atoms with van der Waals surface area (Å²) >= 11 is 0. The molecular formula is C24H27N3O4. The number of hydrogen-bond donors (Lipinski definition) is 1. The number of ether oxygens (including phenoxy) is 1. The molecule has 2 heterocycles. The Balaban J connectivity index is 1.73. The summed E-state index contributed by atoms with van der Waals surface area (Å²) in [6, 6.07) is 8.12. The van der Waals surface area contributed by atoms with Crippen LogP contribution in [0.1, 0.15) is 71.9 Å². The molecule has 7 nitrogen and oxygen atoms in total. The predicted octanol–water partition coefficient (Wildman–Crippen LogP) is 4.04. The Morgan fingerprint density at radius 1 is 1.00 bits per heavy atom. The molecule has 0 bridgehead atoms. The monoisotopic (exact) mass is 421 g/mol. The highest BCUT2D eigenvalue weighted by Gasteiger charge is 2.24. The zero-order valence-electron chi connectivity index (χ0n) is 18.8. The van der Waals surface area contributed by atoms with Gasteiger partial charge in [0.15, 0.2) is 12.4 Å². The molecule has 1 aromatic carbocycles. The molecule has 0 spiro atoms. The third-order valence-electron chi connectivity index (χ3n) is 5.44. The Morgan fingerprint density at radius 3 is 2.23 bits per heavy atom. The first-order valence-corrected chi connectivity index (χ1v) is 10.1. The third kappa shape index (κ3) is 4.50. The summed E-state index contributed by atoms with van der Waals surface area (Å²) in [5, 5.41) is 4.47. The van der Waals surface area contributed by atoms with Gasteiger partial charge < -0.3 is 9.72 Å². The smallest absolute Gasteiger partial charge is 0.342 e. The van der Waals surface area contributed by atoms with Gasteiger partial charge in [-0.2, -0.15) is 5.10 Å². The van der Waals surface area contributed by atoms with Crippen LogP contribution < -0.4 is 0 Å². The zero-order chi connectivity index (χ0) is 22.9. The molecule has 0 amide bonds. The normalized spacial score (nSPS) is 10.9. The van der Waals surface area contributed by atoms with Crippen LogP contribution in [0.4, 0.5) is 0 Å². The molecule has 0 aliphatic rings. The van der Waals surface area contributed by atoms with Crippen LogP contribution in [0.2, 0.25) is 0 Å². The summed E-state index contributed by atoms with van der Waals surface area (Å²) in [5.41, 5.74) is 5.84. The second-order valence-electron chi connectivity index (χ2n) is 7.87. The van der Waals surface area contributed by atoms with Crippen LogP contribution in [0.25, 0.3) is 0 Å². The van der Waals surface area contributed by atoms with E-state index in [1.807, 2.05) is 38.1 Å². The molecule has 0 atom stereocenters. The van der Waals surface area contributed by atoms with Crippen LogP contribution in [0.15, 0.2) is 24.3 Å². The molecule has 0 saturated heterocycles. The van der Waals surface area contributed by atoms with Crippen molar-refractivity contribution < 1.29 is 19.1 Å². The molecule has 3 rings (SSSR count). The minimum atomic E-state index is -0.591. The average Bonchev–Trinajstić information content (AvgIpc) is 3.16. The number of hydrogen-bond acceptors (Lipinski definition) is 5. The zero-order valence-corrected chi connectivity index (χ0v) is 18.8. The van der Waals surface area contributed by atoms with Gasteiger partial charge in [0, 0.05) is 11.3 Å². The lowest BCUT2D eigenvalue weighted by atomic mass is 10.1. The van der Waals surface area contributed by atoms with Gasteiger partial charge in [0.05, 0.1) is 23.6 Å². The van der Waals surface area contributed by atoms with E-state index in [0.717, 1.165) is 5.56 Å². The lowest BCUT2D eigenvalue weighted by Gasteiger charge is -2.07. The topological polar surface area (TPSA) is 94.0 Å². The standard InChI is InChI=1S/C24H27N3O4/c1-13-7-9-19(10-8-13)11-27-17(5)22(16(4)26-27)24(30)31-12-20(29)23-14(2)21(18(6)28)15(3)25-23/h7-10,25H,11-12H2,1-6H3. The lowest BCUT2D eigenvalue weighted by molar-refractivity contribution is 0.0471. The molecule has 0 aliphatic heterocycles. The molecule has 1 N–H and O–H groups in total. The Bertz CT molecular complexity index is 1170. The van der Waals surface area contributed by atoms with Crippen molar-refractivity contribution in [2.24, 2.45) is 0 Å². The van der Waals surface area contributed by atoms with Gasteiger partial charge in [0.25, 0.3) is 0 Å². The molecule has 0 radical (unpaired) electrons. The van der Waals surface area contributed by atoms with E-state index in [0.29, 0.717) is 46.0 Å². The van der Waals surface area contributed by atoms with Crippen molar-refractivity contribution in [3.8, 4) is 0 Å². The first kappa shape index (κ1) is 22.2. The molecule has 0 aliphatic carbocycles. The van der Waals surface area contributed by atoms with E-state index in [1.54, 1.807) is 25.5 Å². The SMILES string of the molecule is CC(=O)c1c(C)[nH]c(C(=O)COC(=O)c2c(C)nn(Cc3ccc(C)cc3)c2C)c1C. The quantitative estimate of drug-likeness (QED) is 0.459. The van der Waals surface area contributed by atoms with Crippen LogP contribution >= 0.6 is 0 Å². The number of aromatic nitrogens is 3. The Labute approximate surface area is 181 Å². The van der Waals surface area contributed by atoms with Gasteiger partial charge in [-0.25, -0.2) is 4.79 Å². The van der Waals surface area contributed by atoms with Crippen LogP contribution in [0, 0.1) is 34.6 Å². The molecule has 0 saturated carbocycles. The summed E-state index contributed by atoms with van der Waals surface area (Å²) in [4.78, 5) is 40.0. The first-order valence-electron chi connectivity index (χ1n) is 10.1. The van der Waals surface area contributed by atoms with Crippen LogP contribution in [-0.4, -0.2) is 38.9 Å². The van der Waals surface area contributed by atoms with Gasteiger partial charge in [-0.05, 0) is 52.7 Å². The van der Waals surface area contributed by atoms with E-state index in [-0.39, 0.29) is 11.6 Å². The highest BCUT2D eigenvalue weighted by atomic mass is 16.5. The molecule has 162 valence electrons. The number of ketones is 2. The van der Waals surface area contributed by atoms with E-state index in [4.69, 9.17) is 4.74 Å². The molecule has 2 aromatic heterocycles. The van der Waals surface area contributed by atoms with Crippen LogP contribution in [0.3, 0.4) is 0 Å². The molecule has 0 fully saturated rings. The number of nitrogens with zero attached hydrogens (tertiary/aromatic N) is 2. The van der Waals surface area contributed by atoms with E-state index < -0.39 is 12.6 Å². The van der Waals surface area contributed by atoms with Crippen molar-refractivity contribution in [2.75, 3.05) is 6.61 Å². The summed E-state index contributed by atoms with van der Waals surface area (Å²) in [6.45, 7) is 10.6. The minimum Gasteiger partial charge on any atom is -0.454 e. The van der Waals surface area contributed by atoms with Crippen molar-refractivity contribution in [2.45, 2.75) is 48.1 Å². The average molecular weight is 421 g/mol. The fourth-order valence-electron chi connectivity index (χ4n) is 3.85. The number of benzene rings is 1. The van der Waals surface area contributed by atoms with E-state index >= 15 is 0 Å². The Morgan fingerprint density at radius 2 is 1.65 bits per heavy atom. The van der Waals surface area contributed by atoms with Gasteiger partial charge in [0.1, 0.15) is 5.56 Å². The van der Waals surface area contributed by atoms with Crippen molar-refractivity contribution in [1.82, 2.24) is 14.8 Å². The number of carbonyl (C=O) groups excluding carboxylic acids is 3. The number of carbonyl (C=O) groups is 3. The molecular weight excluding hydrogens is 394 g/mol. The number of Topliss-reactive ketones (excluding diaryl/α,β-unsaturated/α-hetero) is 2. The number of rotatable bonds is 7. The number of H-pyrrole nitrogens is 1. The number of aryl methyl sites for hydroxylation is 3. The van der Waals surface area contributed by atoms with E-state index in [2.05, 4.69) is 10.1 Å². The van der Waals surface area contributed by atoms with Gasteiger partial charge in [-0.15, -0.1) is 0 Å². The van der Waals surface area contributed by atoms with E-state index in [9.17, 15) is 14.4 Å². The molecule has 3 aromatic rings. The molecule has 0 unspecified atom stereocenters. The second kappa shape index (κ2) is 8.71. The van der Waals surface area contributed by atoms with E-state index in [1.165, 1.54) is 12.5 Å². The van der Waals surface area contributed by atoms with Crippen LogP contribution in [-0.2, 0) is 11.3 Å². The minimum absolute atomic E-state index is 0.116. The number of nitrogens with one attached hydrogen (secondary N) is 1. The Hall–Kier alpha value is -3.48.